The predicted octanol–water partition coefficient (Wildman–Crippen LogP) is 2.46. The fourth-order valence-electron chi connectivity index (χ4n) is 2.95. The topological polar surface area (TPSA) is 62.6 Å². The molecule has 0 N–H and O–H groups in total. The summed E-state index contributed by atoms with van der Waals surface area (Å²) in [6.07, 6.45) is 7.80. The van der Waals surface area contributed by atoms with Crippen molar-refractivity contribution in [1.29, 1.82) is 0 Å². The minimum absolute atomic E-state index is 0.140. The molecule has 0 radical (unpaired) electrons. The van der Waals surface area contributed by atoms with Crippen molar-refractivity contribution >= 4 is 34.9 Å². The van der Waals surface area contributed by atoms with Crippen molar-refractivity contribution in [3.05, 3.63) is 28.9 Å². The Bertz CT molecular complexity index is 687. The molecule has 24 heavy (non-hydrogen) atoms. The number of carbonyl (C=O) groups excluding carboxylic acids is 3. The molecule has 0 unspecified atom stereocenters. The Kier molecular flexibility index (Phi) is 5.08. The summed E-state index contributed by atoms with van der Waals surface area (Å²) in [7, 11) is 1.87. The second-order valence-electron chi connectivity index (χ2n) is 6.11. The summed E-state index contributed by atoms with van der Waals surface area (Å²) in [6.45, 7) is 1.28. The maximum atomic E-state index is 12.5. The molecule has 0 aromatic carbocycles. The second-order valence-corrected chi connectivity index (χ2v) is 7.10. The molecular weight excluding hydrogens is 326 g/mol. The highest BCUT2D eigenvalue weighted by atomic mass is 32.2. The monoisotopic (exact) mass is 347 g/mol. The molecule has 0 saturated carbocycles. The number of imide groups is 1. The van der Waals surface area contributed by atoms with Crippen LogP contribution in [0.25, 0.3) is 6.08 Å². The van der Waals surface area contributed by atoms with Crippen LogP contribution in [-0.2, 0) is 16.6 Å². The van der Waals surface area contributed by atoms with Crippen LogP contribution in [0.4, 0.5) is 4.79 Å². The predicted molar refractivity (Wildman–Crippen MR) is 93.1 cm³/mol. The van der Waals surface area contributed by atoms with Crippen LogP contribution in [0.1, 0.15) is 31.4 Å². The van der Waals surface area contributed by atoms with Gasteiger partial charge in [0.05, 0.1) is 4.91 Å². The minimum atomic E-state index is -0.380. The first-order valence-electron chi connectivity index (χ1n) is 8.21. The molecule has 3 rings (SSSR count). The van der Waals surface area contributed by atoms with Crippen LogP contribution in [0.15, 0.2) is 23.2 Å². The molecule has 1 aromatic rings. The number of hydrogen-bond acceptors (Lipinski definition) is 4. The molecule has 2 aliphatic heterocycles. The summed E-state index contributed by atoms with van der Waals surface area (Å²) in [5.74, 6) is -0.520. The molecule has 2 fully saturated rings. The summed E-state index contributed by atoms with van der Waals surface area (Å²) in [6, 6.07) is 3.75. The smallest absolute Gasteiger partial charge is 0.294 e. The summed E-state index contributed by atoms with van der Waals surface area (Å²) in [5.41, 5.74) is 0.847. The highest BCUT2D eigenvalue weighted by molar-refractivity contribution is 8.18. The average Bonchev–Trinajstić information content (AvgIpc) is 2.95. The van der Waals surface area contributed by atoms with Gasteiger partial charge in [-0.3, -0.25) is 19.3 Å². The Morgan fingerprint density at radius 2 is 1.92 bits per heavy atom. The fraction of sp³-hybridized carbons (Fsp3) is 0.471. The van der Waals surface area contributed by atoms with E-state index in [1.807, 2.05) is 29.9 Å². The Hall–Kier alpha value is -2.02. The van der Waals surface area contributed by atoms with E-state index in [9.17, 15) is 14.4 Å². The van der Waals surface area contributed by atoms with Gasteiger partial charge in [0, 0.05) is 32.0 Å². The number of nitrogens with zero attached hydrogens (tertiary/aromatic N) is 3. The maximum Gasteiger partial charge on any atom is 0.294 e. The first kappa shape index (κ1) is 16.8. The molecule has 2 aliphatic rings. The van der Waals surface area contributed by atoms with Gasteiger partial charge < -0.3 is 9.47 Å². The molecular formula is C17H21N3O3S. The SMILES string of the molecule is Cn1cccc1/C=C1/SC(=O)N(CC(=O)N2CCCCCC2)C1=O. The van der Waals surface area contributed by atoms with E-state index in [-0.39, 0.29) is 23.6 Å². The standard InChI is InChI=1S/C17H21N3O3S/c1-18-8-6-7-13(18)11-14-16(22)20(17(23)24-14)12-15(21)19-9-4-2-3-5-10-19/h6-8,11H,2-5,9-10,12H2,1H3/b14-11+. The average molecular weight is 347 g/mol. The maximum absolute atomic E-state index is 12.5. The van der Waals surface area contributed by atoms with E-state index in [2.05, 4.69) is 0 Å². The Morgan fingerprint density at radius 3 is 2.54 bits per heavy atom. The van der Waals surface area contributed by atoms with Gasteiger partial charge in [-0.15, -0.1) is 0 Å². The van der Waals surface area contributed by atoms with Gasteiger partial charge in [0.25, 0.3) is 11.1 Å². The lowest BCUT2D eigenvalue weighted by molar-refractivity contribution is -0.135. The molecule has 3 heterocycles. The number of aromatic nitrogens is 1. The molecule has 0 spiro atoms. The summed E-state index contributed by atoms with van der Waals surface area (Å²) >= 11 is 0.896. The van der Waals surface area contributed by atoms with Crippen LogP contribution in [0, 0.1) is 0 Å². The van der Waals surface area contributed by atoms with Gasteiger partial charge in [0.1, 0.15) is 6.54 Å². The van der Waals surface area contributed by atoms with Gasteiger partial charge in [-0.05, 0) is 42.8 Å². The third-order valence-corrected chi connectivity index (χ3v) is 5.30. The number of rotatable bonds is 3. The van der Waals surface area contributed by atoms with E-state index < -0.39 is 0 Å². The molecule has 0 atom stereocenters. The second kappa shape index (κ2) is 7.25. The van der Waals surface area contributed by atoms with Gasteiger partial charge >= 0.3 is 0 Å². The summed E-state index contributed by atoms with van der Waals surface area (Å²) < 4.78 is 1.87. The van der Waals surface area contributed by atoms with E-state index in [0.717, 1.165) is 48.0 Å². The normalized spacial score (nSPS) is 20.8. The third kappa shape index (κ3) is 3.56. The Morgan fingerprint density at radius 1 is 1.21 bits per heavy atom. The molecule has 6 nitrogen and oxygen atoms in total. The number of carbonyl (C=O) groups is 3. The highest BCUT2D eigenvalue weighted by Crippen LogP contribution is 2.32. The molecule has 2 saturated heterocycles. The Balaban J connectivity index is 1.69. The van der Waals surface area contributed by atoms with E-state index >= 15 is 0 Å². The zero-order valence-corrected chi connectivity index (χ0v) is 14.6. The third-order valence-electron chi connectivity index (χ3n) is 4.39. The van der Waals surface area contributed by atoms with Crippen molar-refractivity contribution in [1.82, 2.24) is 14.4 Å². The zero-order chi connectivity index (χ0) is 17.1. The summed E-state index contributed by atoms with van der Waals surface area (Å²) in [5, 5.41) is -0.372. The lowest BCUT2D eigenvalue weighted by Crippen LogP contribution is -2.42. The van der Waals surface area contributed by atoms with Gasteiger partial charge in [0.2, 0.25) is 5.91 Å². The molecule has 0 bridgehead atoms. The lowest BCUT2D eigenvalue weighted by atomic mass is 10.2. The first-order chi connectivity index (χ1) is 11.6. The van der Waals surface area contributed by atoms with Crippen molar-refractivity contribution in [2.24, 2.45) is 7.05 Å². The van der Waals surface area contributed by atoms with Crippen LogP contribution >= 0.6 is 11.8 Å². The van der Waals surface area contributed by atoms with Crippen LogP contribution in [0.3, 0.4) is 0 Å². The molecule has 3 amide bonds. The minimum Gasteiger partial charge on any atom is -0.351 e. The van der Waals surface area contributed by atoms with Crippen LogP contribution in [0.5, 0.6) is 0 Å². The van der Waals surface area contributed by atoms with Gasteiger partial charge in [-0.2, -0.15) is 0 Å². The van der Waals surface area contributed by atoms with E-state index in [1.165, 1.54) is 0 Å². The first-order valence-corrected chi connectivity index (χ1v) is 9.02. The molecule has 1 aromatic heterocycles. The van der Waals surface area contributed by atoms with Gasteiger partial charge in [-0.25, -0.2) is 0 Å². The van der Waals surface area contributed by atoms with Crippen molar-refractivity contribution < 1.29 is 14.4 Å². The number of likely N-dealkylation sites (tertiary alicyclic amines) is 1. The number of aryl methyl sites for hydroxylation is 1. The summed E-state index contributed by atoms with van der Waals surface area (Å²) in [4.78, 5) is 40.2. The number of hydrogen-bond donors (Lipinski definition) is 0. The van der Waals surface area contributed by atoms with Crippen molar-refractivity contribution in [2.45, 2.75) is 25.7 Å². The van der Waals surface area contributed by atoms with Crippen molar-refractivity contribution in [2.75, 3.05) is 19.6 Å². The van der Waals surface area contributed by atoms with Crippen LogP contribution in [0.2, 0.25) is 0 Å². The lowest BCUT2D eigenvalue weighted by Gasteiger charge is -2.22. The molecule has 0 aliphatic carbocycles. The molecule has 7 heteroatoms. The van der Waals surface area contributed by atoms with Crippen molar-refractivity contribution in [3.63, 3.8) is 0 Å². The van der Waals surface area contributed by atoms with Crippen LogP contribution in [-0.4, -0.2) is 51.1 Å². The van der Waals surface area contributed by atoms with E-state index in [1.54, 1.807) is 11.0 Å². The molecule has 128 valence electrons. The Labute approximate surface area is 145 Å². The number of amides is 3. The quantitative estimate of drug-likeness (QED) is 0.788. The fourth-order valence-corrected chi connectivity index (χ4v) is 3.77. The largest absolute Gasteiger partial charge is 0.351 e. The van der Waals surface area contributed by atoms with Gasteiger partial charge in [-0.1, -0.05) is 12.8 Å². The number of thioether (sulfide) groups is 1. The van der Waals surface area contributed by atoms with Gasteiger partial charge in [0.15, 0.2) is 0 Å². The highest BCUT2D eigenvalue weighted by Gasteiger charge is 2.37. The van der Waals surface area contributed by atoms with Crippen LogP contribution < -0.4 is 0 Å². The van der Waals surface area contributed by atoms with E-state index in [0.29, 0.717) is 18.0 Å². The van der Waals surface area contributed by atoms with Crippen molar-refractivity contribution in [3.8, 4) is 0 Å². The zero-order valence-electron chi connectivity index (χ0n) is 13.7. The van der Waals surface area contributed by atoms with E-state index in [4.69, 9.17) is 0 Å².